The summed E-state index contributed by atoms with van der Waals surface area (Å²) in [6.45, 7) is 1.62. The second-order valence-corrected chi connectivity index (χ2v) is 4.21. The highest BCUT2D eigenvalue weighted by Gasteiger charge is 2.17. The first-order valence-electron chi connectivity index (χ1n) is 5.63. The maximum atomic E-state index is 11.7. The van der Waals surface area contributed by atoms with E-state index in [4.69, 9.17) is 4.74 Å². The number of nitrogens with one attached hydrogen (secondary N) is 1. The van der Waals surface area contributed by atoms with E-state index >= 15 is 0 Å². The molecule has 2 aromatic rings. The molecule has 4 heteroatoms. The topological polar surface area (TPSA) is 47.0 Å². The Bertz CT molecular complexity index is 549. The van der Waals surface area contributed by atoms with Crippen molar-refractivity contribution in [3.8, 4) is 0 Å². The molecule has 3 rings (SSSR count). The van der Waals surface area contributed by atoms with Gasteiger partial charge < -0.3 is 14.3 Å². The first-order chi connectivity index (χ1) is 7.84. The van der Waals surface area contributed by atoms with Crippen LogP contribution in [0, 0.1) is 0 Å². The molecule has 1 saturated heterocycles. The highest BCUT2D eigenvalue weighted by molar-refractivity contribution is 5.78. The van der Waals surface area contributed by atoms with Crippen molar-refractivity contribution >= 4 is 10.9 Å². The maximum absolute atomic E-state index is 11.7. The molecule has 0 radical (unpaired) electrons. The number of hydrogen-bond acceptors (Lipinski definition) is 2. The third-order valence-electron chi connectivity index (χ3n) is 3.11. The summed E-state index contributed by atoms with van der Waals surface area (Å²) in [4.78, 5) is 14.4. The molecule has 1 atom stereocenters. The zero-order chi connectivity index (χ0) is 11.0. The number of aromatic amines is 1. The van der Waals surface area contributed by atoms with E-state index in [9.17, 15) is 4.79 Å². The number of fused-ring (bicyclic) bond motifs is 1. The fourth-order valence-corrected chi connectivity index (χ4v) is 2.32. The van der Waals surface area contributed by atoms with E-state index in [1.165, 1.54) is 0 Å². The largest absolute Gasteiger partial charge is 0.376 e. The number of H-pyrrole nitrogens is 1. The number of rotatable bonds is 2. The van der Waals surface area contributed by atoms with E-state index in [2.05, 4.69) is 4.98 Å². The van der Waals surface area contributed by atoms with Crippen molar-refractivity contribution in [2.45, 2.75) is 25.5 Å². The minimum Gasteiger partial charge on any atom is -0.376 e. The quantitative estimate of drug-likeness (QED) is 0.830. The summed E-state index contributed by atoms with van der Waals surface area (Å²) >= 11 is 0. The lowest BCUT2D eigenvalue weighted by Gasteiger charge is -2.10. The molecule has 16 heavy (non-hydrogen) atoms. The molecular weight excluding hydrogens is 204 g/mol. The lowest BCUT2D eigenvalue weighted by Crippen LogP contribution is -2.17. The van der Waals surface area contributed by atoms with Crippen molar-refractivity contribution in [1.29, 1.82) is 0 Å². The summed E-state index contributed by atoms with van der Waals surface area (Å²) in [6, 6.07) is 3.89. The fourth-order valence-electron chi connectivity index (χ4n) is 2.32. The van der Waals surface area contributed by atoms with Crippen LogP contribution in [0.3, 0.4) is 0 Å². The molecule has 1 aliphatic heterocycles. The zero-order valence-electron chi connectivity index (χ0n) is 8.98. The van der Waals surface area contributed by atoms with Gasteiger partial charge in [0.2, 0.25) is 0 Å². The van der Waals surface area contributed by atoms with Crippen LogP contribution in [0.4, 0.5) is 0 Å². The standard InChI is InChI=1S/C12H14N2O2/c15-12-11-9(3-5-13-12)4-6-14(11)8-10-2-1-7-16-10/h3-6,10H,1-2,7-8H2,(H,13,15). The van der Waals surface area contributed by atoms with Gasteiger partial charge in [-0.3, -0.25) is 4.79 Å². The van der Waals surface area contributed by atoms with Gasteiger partial charge in [-0.25, -0.2) is 0 Å². The molecule has 1 fully saturated rings. The Morgan fingerprint density at radius 1 is 1.50 bits per heavy atom. The number of ether oxygens (including phenoxy) is 1. The van der Waals surface area contributed by atoms with Gasteiger partial charge in [-0.2, -0.15) is 0 Å². The monoisotopic (exact) mass is 218 g/mol. The summed E-state index contributed by atoms with van der Waals surface area (Å²) in [5.74, 6) is 0. The minimum atomic E-state index is -0.0273. The first kappa shape index (κ1) is 9.66. The molecule has 84 valence electrons. The van der Waals surface area contributed by atoms with Crippen molar-refractivity contribution in [3.63, 3.8) is 0 Å². The van der Waals surface area contributed by atoms with Crippen LogP contribution in [0.1, 0.15) is 12.8 Å². The summed E-state index contributed by atoms with van der Waals surface area (Å²) in [5.41, 5.74) is 0.721. The van der Waals surface area contributed by atoms with Gasteiger partial charge in [0.05, 0.1) is 6.10 Å². The molecule has 0 saturated carbocycles. The minimum absolute atomic E-state index is 0.0273. The van der Waals surface area contributed by atoms with Crippen LogP contribution in [0.25, 0.3) is 10.9 Å². The normalized spacial score (nSPS) is 20.6. The lowest BCUT2D eigenvalue weighted by molar-refractivity contribution is 0.0980. The molecule has 2 aromatic heterocycles. The third-order valence-corrected chi connectivity index (χ3v) is 3.11. The molecule has 1 N–H and O–H groups in total. The Hall–Kier alpha value is -1.55. The SMILES string of the molecule is O=c1[nH]ccc2ccn(CC3CCCO3)c12. The Kier molecular flexibility index (Phi) is 2.29. The fraction of sp³-hybridized carbons (Fsp3) is 0.417. The van der Waals surface area contributed by atoms with Crippen LogP contribution in [0.15, 0.2) is 29.3 Å². The second-order valence-electron chi connectivity index (χ2n) is 4.21. The van der Waals surface area contributed by atoms with Crippen molar-refractivity contribution in [1.82, 2.24) is 9.55 Å². The lowest BCUT2D eigenvalue weighted by atomic mass is 10.2. The molecule has 4 nitrogen and oxygen atoms in total. The summed E-state index contributed by atoms with van der Waals surface area (Å²) in [5, 5.41) is 0.988. The van der Waals surface area contributed by atoms with Crippen LogP contribution in [0.5, 0.6) is 0 Å². The van der Waals surface area contributed by atoms with Crippen molar-refractivity contribution in [2.75, 3.05) is 6.61 Å². The number of pyridine rings is 1. The van der Waals surface area contributed by atoms with Gasteiger partial charge in [-0.15, -0.1) is 0 Å². The number of aromatic nitrogens is 2. The zero-order valence-corrected chi connectivity index (χ0v) is 8.98. The van der Waals surface area contributed by atoms with Crippen LogP contribution < -0.4 is 5.56 Å². The highest BCUT2D eigenvalue weighted by atomic mass is 16.5. The molecule has 0 amide bonds. The summed E-state index contributed by atoms with van der Waals surface area (Å²) < 4.78 is 7.57. The predicted molar refractivity (Wildman–Crippen MR) is 61.5 cm³/mol. The Morgan fingerprint density at radius 3 is 3.25 bits per heavy atom. The van der Waals surface area contributed by atoms with E-state index in [1.54, 1.807) is 6.20 Å². The van der Waals surface area contributed by atoms with E-state index in [0.29, 0.717) is 0 Å². The highest BCUT2D eigenvalue weighted by Crippen LogP contribution is 2.17. The van der Waals surface area contributed by atoms with Crippen LogP contribution in [-0.4, -0.2) is 22.3 Å². The Labute approximate surface area is 92.8 Å². The van der Waals surface area contributed by atoms with Gasteiger partial charge in [0, 0.05) is 30.9 Å². The molecule has 1 unspecified atom stereocenters. The molecule has 3 heterocycles. The van der Waals surface area contributed by atoms with E-state index < -0.39 is 0 Å². The average Bonchev–Trinajstić information content (AvgIpc) is 2.90. The summed E-state index contributed by atoms with van der Waals surface area (Å²) in [7, 11) is 0. The third kappa shape index (κ3) is 1.55. The molecule has 0 bridgehead atoms. The van der Waals surface area contributed by atoms with E-state index in [1.807, 2.05) is 22.9 Å². The molecule has 0 aromatic carbocycles. The van der Waals surface area contributed by atoms with E-state index in [0.717, 1.165) is 36.9 Å². The van der Waals surface area contributed by atoms with Gasteiger partial charge in [0.15, 0.2) is 0 Å². The maximum Gasteiger partial charge on any atom is 0.272 e. The van der Waals surface area contributed by atoms with Crippen LogP contribution in [0.2, 0.25) is 0 Å². The van der Waals surface area contributed by atoms with Crippen LogP contribution >= 0.6 is 0 Å². The van der Waals surface area contributed by atoms with Gasteiger partial charge in [-0.05, 0) is 25.0 Å². The van der Waals surface area contributed by atoms with Crippen molar-refractivity contribution in [3.05, 3.63) is 34.9 Å². The van der Waals surface area contributed by atoms with Gasteiger partial charge >= 0.3 is 0 Å². The average molecular weight is 218 g/mol. The smallest absolute Gasteiger partial charge is 0.272 e. The Balaban J connectivity index is 2.00. The second kappa shape index (κ2) is 3.79. The molecular formula is C12H14N2O2. The predicted octanol–water partition coefficient (Wildman–Crippen LogP) is 1.51. The molecule has 1 aliphatic rings. The van der Waals surface area contributed by atoms with Gasteiger partial charge in [0.1, 0.15) is 5.52 Å². The van der Waals surface area contributed by atoms with Gasteiger partial charge in [-0.1, -0.05) is 0 Å². The number of hydrogen-bond donors (Lipinski definition) is 1. The van der Waals surface area contributed by atoms with Crippen molar-refractivity contribution in [2.24, 2.45) is 0 Å². The number of nitrogens with zero attached hydrogens (tertiary/aromatic N) is 1. The van der Waals surface area contributed by atoms with E-state index in [-0.39, 0.29) is 11.7 Å². The van der Waals surface area contributed by atoms with Crippen molar-refractivity contribution < 1.29 is 4.74 Å². The summed E-state index contributed by atoms with van der Waals surface area (Å²) in [6.07, 6.45) is 6.11. The van der Waals surface area contributed by atoms with Gasteiger partial charge in [0.25, 0.3) is 5.56 Å². The van der Waals surface area contributed by atoms with Crippen LogP contribution in [-0.2, 0) is 11.3 Å². The first-order valence-corrected chi connectivity index (χ1v) is 5.63. The molecule has 0 spiro atoms. The Morgan fingerprint density at radius 2 is 2.44 bits per heavy atom. The molecule has 0 aliphatic carbocycles.